The largest absolute Gasteiger partial charge is 0.312 e. The molecular formula is C23H22NOSi. The molecule has 1 aliphatic rings. The van der Waals surface area contributed by atoms with E-state index in [4.69, 9.17) is 0 Å². The molecule has 1 radical (unpaired) electrons. The lowest BCUT2D eigenvalue weighted by Gasteiger charge is -2.37. The van der Waals surface area contributed by atoms with E-state index in [1.165, 1.54) is 15.9 Å². The minimum Gasteiger partial charge on any atom is -0.312 e. The van der Waals surface area contributed by atoms with Gasteiger partial charge in [0.05, 0.1) is 0 Å². The Bertz CT molecular complexity index is 855. The van der Waals surface area contributed by atoms with Gasteiger partial charge in [-0.15, -0.1) is 0 Å². The highest BCUT2D eigenvalue weighted by molar-refractivity contribution is 6.86. The number of rotatable bonds is 3. The molecular weight excluding hydrogens is 334 g/mol. The van der Waals surface area contributed by atoms with Crippen LogP contribution in [0, 0.1) is 0 Å². The number of amides is 1. The van der Waals surface area contributed by atoms with Gasteiger partial charge in [-0.25, -0.2) is 0 Å². The van der Waals surface area contributed by atoms with Gasteiger partial charge in [-0.3, -0.25) is 4.79 Å². The number of anilines is 1. The normalized spacial score (nSPS) is 16.4. The summed E-state index contributed by atoms with van der Waals surface area (Å²) in [5.74, 6) is 0.129. The Morgan fingerprint density at radius 2 is 1.38 bits per heavy atom. The Hall–Kier alpha value is -2.65. The van der Waals surface area contributed by atoms with E-state index in [0.29, 0.717) is 5.54 Å². The number of para-hydroxylation sites is 1. The number of nitrogens with zero attached hydrogens (tertiary/aromatic N) is 1. The molecule has 0 saturated carbocycles. The molecule has 0 spiro atoms. The van der Waals surface area contributed by atoms with Crippen LogP contribution in [0.5, 0.6) is 0 Å². The number of carbonyl (C=O) groups excluding carboxylic acids is 1. The monoisotopic (exact) mass is 356 g/mol. The zero-order valence-corrected chi connectivity index (χ0v) is 15.9. The van der Waals surface area contributed by atoms with E-state index < -0.39 is 8.80 Å². The summed E-state index contributed by atoms with van der Waals surface area (Å²) in [5.41, 5.74) is 2.86. The van der Waals surface area contributed by atoms with Crippen molar-refractivity contribution in [3.05, 3.63) is 90.5 Å². The summed E-state index contributed by atoms with van der Waals surface area (Å²) in [6.07, 6.45) is 1.01. The van der Waals surface area contributed by atoms with Crippen molar-refractivity contribution in [3.8, 4) is 0 Å². The Morgan fingerprint density at radius 1 is 0.846 bits per heavy atom. The predicted molar refractivity (Wildman–Crippen MR) is 110 cm³/mol. The van der Waals surface area contributed by atoms with Crippen molar-refractivity contribution in [1.82, 2.24) is 0 Å². The van der Waals surface area contributed by atoms with Gasteiger partial charge in [-0.1, -0.05) is 89.2 Å². The lowest BCUT2D eigenvalue weighted by atomic mass is 10.0. The fourth-order valence-electron chi connectivity index (χ4n) is 3.99. The Balaban J connectivity index is 1.84. The third-order valence-corrected chi connectivity index (χ3v) is 8.35. The summed E-state index contributed by atoms with van der Waals surface area (Å²) >= 11 is 0. The number of fused-ring (bicyclic) bond motifs is 1. The van der Waals surface area contributed by atoms with Crippen LogP contribution in [0.1, 0.15) is 24.4 Å². The van der Waals surface area contributed by atoms with Crippen LogP contribution in [-0.2, 0) is 4.79 Å². The Morgan fingerprint density at radius 3 is 1.96 bits per heavy atom. The predicted octanol–water partition coefficient (Wildman–Crippen LogP) is 3.38. The third kappa shape index (κ3) is 3.11. The molecule has 0 N–H and O–H groups in total. The minimum absolute atomic E-state index is 0.129. The van der Waals surface area contributed by atoms with E-state index >= 15 is 0 Å². The maximum absolute atomic E-state index is 12.1. The van der Waals surface area contributed by atoms with E-state index in [0.717, 1.165) is 18.7 Å². The third-order valence-electron chi connectivity index (χ3n) is 5.14. The maximum Gasteiger partial charge on any atom is 0.223 e. The van der Waals surface area contributed by atoms with E-state index in [9.17, 15) is 4.79 Å². The molecule has 0 bridgehead atoms. The van der Waals surface area contributed by atoms with E-state index in [2.05, 4.69) is 78.9 Å². The zero-order chi connectivity index (χ0) is 17.9. The molecule has 26 heavy (non-hydrogen) atoms. The molecule has 0 fully saturated rings. The van der Waals surface area contributed by atoms with Crippen LogP contribution in [0.15, 0.2) is 84.9 Å². The first kappa shape index (κ1) is 16.8. The number of carbonyl (C=O) groups is 1. The maximum atomic E-state index is 12.1. The van der Waals surface area contributed by atoms with Crippen molar-refractivity contribution in [2.75, 3.05) is 11.4 Å². The number of hydrogen-bond donors (Lipinski definition) is 0. The van der Waals surface area contributed by atoms with Crippen molar-refractivity contribution in [3.63, 3.8) is 0 Å². The summed E-state index contributed by atoms with van der Waals surface area (Å²) < 4.78 is 0. The van der Waals surface area contributed by atoms with Crippen LogP contribution in [0.3, 0.4) is 0 Å². The van der Waals surface area contributed by atoms with Gasteiger partial charge in [0.2, 0.25) is 5.91 Å². The second-order valence-electron chi connectivity index (χ2n) is 6.72. The van der Waals surface area contributed by atoms with Crippen LogP contribution >= 0.6 is 0 Å². The molecule has 0 aliphatic carbocycles. The lowest BCUT2D eigenvalue weighted by molar-refractivity contribution is -0.116. The highest BCUT2D eigenvalue weighted by Gasteiger charge is 2.35. The fraction of sp³-hybridized carbons (Fsp3) is 0.174. The van der Waals surface area contributed by atoms with Crippen molar-refractivity contribution >= 4 is 30.8 Å². The van der Waals surface area contributed by atoms with Crippen LogP contribution in [0.4, 0.5) is 5.69 Å². The summed E-state index contributed by atoms with van der Waals surface area (Å²) in [5, 5.41) is 2.86. The molecule has 0 aromatic heterocycles. The van der Waals surface area contributed by atoms with Crippen molar-refractivity contribution in [1.29, 1.82) is 0 Å². The molecule has 4 rings (SSSR count). The van der Waals surface area contributed by atoms with Gasteiger partial charge >= 0.3 is 0 Å². The SMILES string of the molecule is CC(=O)N1CC[C@@H]([Si](c2ccccc2)c2ccccc2)c2ccccc21. The minimum atomic E-state index is -0.999. The van der Waals surface area contributed by atoms with Gasteiger partial charge in [0.25, 0.3) is 0 Å². The average Bonchev–Trinajstić information content (AvgIpc) is 2.70. The fourth-order valence-corrected chi connectivity index (χ4v) is 7.21. The first-order valence-corrected chi connectivity index (χ1v) is 10.7. The second kappa shape index (κ2) is 7.30. The van der Waals surface area contributed by atoms with Crippen LogP contribution in [0.25, 0.3) is 0 Å². The van der Waals surface area contributed by atoms with E-state index in [-0.39, 0.29) is 5.91 Å². The summed E-state index contributed by atoms with van der Waals surface area (Å²) in [4.78, 5) is 14.0. The summed E-state index contributed by atoms with van der Waals surface area (Å²) in [6.45, 7) is 2.46. The molecule has 0 unspecified atom stereocenters. The highest BCUT2D eigenvalue weighted by atomic mass is 28.3. The smallest absolute Gasteiger partial charge is 0.223 e. The highest BCUT2D eigenvalue weighted by Crippen LogP contribution is 2.36. The van der Waals surface area contributed by atoms with Gasteiger partial charge < -0.3 is 4.90 Å². The van der Waals surface area contributed by atoms with E-state index in [1.54, 1.807) is 6.92 Å². The van der Waals surface area contributed by atoms with Gasteiger partial charge in [-0.2, -0.15) is 0 Å². The molecule has 1 heterocycles. The molecule has 2 nitrogen and oxygen atoms in total. The van der Waals surface area contributed by atoms with Gasteiger partial charge in [-0.05, 0) is 23.6 Å². The summed E-state index contributed by atoms with van der Waals surface area (Å²) in [6, 6.07) is 30.2. The van der Waals surface area contributed by atoms with Gasteiger partial charge in [0.1, 0.15) is 8.80 Å². The molecule has 1 amide bonds. The van der Waals surface area contributed by atoms with Gasteiger partial charge in [0, 0.05) is 19.2 Å². The zero-order valence-electron chi connectivity index (χ0n) is 14.9. The van der Waals surface area contributed by atoms with Crippen molar-refractivity contribution < 1.29 is 4.79 Å². The Labute approximate surface area is 156 Å². The molecule has 3 aromatic carbocycles. The van der Waals surface area contributed by atoms with Crippen LogP contribution in [0.2, 0.25) is 0 Å². The van der Waals surface area contributed by atoms with Crippen LogP contribution < -0.4 is 15.3 Å². The molecule has 1 atom stereocenters. The van der Waals surface area contributed by atoms with Crippen LogP contribution in [-0.4, -0.2) is 21.2 Å². The lowest BCUT2D eigenvalue weighted by Crippen LogP contribution is -2.50. The molecule has 1 aliphatic heterocycles. The van der Waals surface area contributed by atoms with Gasteiger partial charge in [0.15, 0.2) is 0 Å². The standard InChI is InChI=1S/C23H22NOSi/c1-18(25)24-17-16-23(21-14-8-9-15-22(21)24)26(19-10-4-2-5-11-19)20-12-6-3-7-13-20/h2-15,23H,16-17H2,1H3/t23-/m1/s1. The first-order chi connectivity index (χ1) is 12.8. The molecule has 0 saturated heterocycles. The van der Waals surface area contributed by atoms with Crippen molar-refractivity contribution in [2.24, 2.45) is 0 Å². The first-order valence-electron chi connectivity index (χ1n) is 9.10. The van der Waals surface area contributed by atoms with E-state index in [1.807, 2.05) is 11.0 Å². The quantitative estimate of drug-likeness (QED) is 0.659. The molecule has 129 valence electrons. The average molecular weight is 357 g/mol. The summed E-state index contributed by atoms with van der Waals surface area (Å²) in [7, 11) is -0.999. The molecule has 3 heteroatoms. The second-order valence-corrected chi connectivity index (χ2v) is 9.40. The molecule has 3 aromatic rings. The number of benzene rings is 3. The van der Waals surface area contributed by atoms with Crippen molar-refractivity contribution in [2.45, 2.75) is 18.9 Å². The Kier molecular flexibility index (Phi) is 4.72. The number of hydrogen-bond acceptors (Lipinski definition) is 1. The topological polar surface area (TPSA) is 20.3 Å².